The van der Waals surface area contributed by atoms with Gasteiger partial charge in [-0.3, -0.25) is 4.79 Å². The Morgan fingerprint density at radius 3 is 2.56 bits per heavy atom. The van der Waals surface area contributed by atoms with Crippen LogP contribution >= 0.6 is 0 Å². The molecule has 0 aliphatic rings. The number of ether oxygens (including phenoxy) is 1. The number of nitrogens with two attached hydrogens (primary N) is 2. The lowest BCUT2D eigenvalue weighted by molar-refractivity contribution is -0.116. The number of likely N-dealkylation sites (N-methyl/N-ethyl adjacent to an activating group) is 1. The summed E-state index contributed by atoms with van der Waals surface area (Å²) in [6.07, 6.45) is 0. The number of primary amides is 1. The first-order valence-electron chi connectivity index (χ1n) is 5.03. The summed E-state index contributed by atoms with van der Waals surface area (Å²) in [5.41, 5.74) is 10.6. The highest BCUT2D eigenvalue weighted by Crippen LogP contribution is 2.25. The zero-order valence-corrected chi connectivity index (χ0v) is 10.1. The van der Waals surface area contributed by atoms with Gasteiger partial charge < -0.3 is 21.1 Å². The Kier molecular flexibility index (Phi) is 4.09. The lowest BCUT2D eigenvalue weighted by Crippen LogP contribution is -2.31. The first kappa shape index (κ1) is 13.8. The molecule has 0 radical (unpaired) electrons. The van der Waals surface area contributed by atoms with E-state index in [2.05, 4.69) is 4.74 Å². The van der Waals surface area contributed by atoms with E-state index in [1.165, 1.54) is 25.1 Å². The number of hydrogen-bond donors (Lipinski definition) is 2. The summed E-state index contributed by atoms with van der Waals surface area (Å²) in [7, 11) is 2.67. The van der Waals surface area contributed by atoms with Gasteiger partial charge in [0.1, 0.15) is 5.82 Å². The number of esters is 1. The third kappa shape index (κ3) is 2.88. The Bertz CT molecular complexity index is 491. The number of nitrogen functional groups attached to an aromatic ring is 1. The molecule has 4 N–H and O–H groups in total. The summed E-state index contributed by atoms with van der Waals surface area (Å²) in [4.78, 5) is 23.5. The Morgan fingerprint density at radius 1 is 1.44 bits per heavy atom. The Hall–Kier alpha value is -2.31. The fourth-order valence-corrected chi connectivity index (χ4v) is 1.48. The minimum Gasteiger partial charge on any atom is -0.465 e. The second-order valence-corrected chi connectivity index (χ2v) is 3.70. The number of anilines is 2. The van der Waals surface area contributed by atoms with E-state index in [-0.39, 0.29) is 23.5 Å². The van der Waals surface area contributed by atoms with Gasteiger partial charge >= 0.3 is 5.97 Å². The van der Waals surface area contributed by atoms with Crippen molar-refractivity contribution in [1.29, 1.82) is 0 Å². The third-order valence-corrected chi connectivity index (χ3v) is 2.33. The first-order chi connectivity index (χ1) is 8.36. The molecule has 0 heterocycles. The summed E-state index contributed by atoms with van der Waals surface area (Å²) in [5, 5.41) is 0. The highest BCUT2D eigenvalue weighted by Gasteiger charge is 2.17. The second-order valence-electron chi connectivity index (χ2n) is 3.70. The van der Waals surface area contributed by atoms with E-state index in [9.17, 15) is 14.0 Å². The van der Waals surface area contributed by atoms with Crippen LogP contribution in [0.25, 0.3) is 0 Å². The molecule has 0 aliphatic heterocycles. The molecule has 18 heavy (non-hydrogen) atoms. The number of carbonyl (C=O) groups is 2. The van der Waals surface area contributed by atoms with Crippen LogP contribution in [0.1, 0.15) is 10.4 Å². The van der Waals surface area contributed by atoms with E-state index in [1.807, 2.05) is 0 Å². The molecule has 1 aromatic carbocycles. The molecule has 0 saturated heterocycles. The van der Waals surface area contributed by atoms with E-state index >= 15 is 0 Å². The molecule has 0 aromatic heterocycles. The molecular weight excluding hydrogens is 241 g/mol. The zero-order valence-electron chi connectivity index (χ0n) is 10.1. The number of halogens is 1. The molecule has 1 rings (SSSR count). The lowest BCUT2D eigenvalue weighted by Gasteiger charge is -2.19. The summed E-state index contributed by atoms with van der Waals surface area (Å²) in [5.74, 6) is -1.95. The number of methoxy groups -OCH3 is 1. The van der Waals surface area contributed by atoms with Gasteiger partial charge in [-0.15, -0.1) is 0 Å². The van der Waals surface area contributed by atoms with Gasteiger partial charge in [0, 0.05) is 12.7 Å². The molecular formula is C11H14FN3O3. The highest BCUT2D eigenvalue weighted by atomic mass is 19.1. The number of amides is 1. The van der Waals surface area contributed by atoms with Crippen molar-refractivity contribution in [2.24, 2.45) is 5.73 Å². The van der Waals surface area contributed by atoms with Gasteiger partial charge in [-0.2, -0.15) is 0 Å². The molecule has 0 unspecified atom stereocenters. The van der Waals surface area contributed by atoms with E-state index in [1.54, 1.807) is 0 Å². The first-order valence-corrected chi connectivity index (χ1v) is 5.03. The SMILES string of the molecule is COC(=O)c1cc(N(C)CC(N)=O)c(F)cc1N. The lowest BCUT2D eigenvalue weighted by atomic mass is 10.1. The summed E-state index contributed by atoms with van der Waals surface area (Å²) in [6, 6.07) is 2.22. The van der Waals surface area contributed by atoms with Crippen molar-refractivity contribution >= 4 is 23.3 Å². The van der Waals surface area contributed by atoms with Crippen LogP contribution in [0, 0.1) is 5.82 Å². The van der Waals surface area contributed by atoms with E-state index < -0.39 is 17.7 Å². The maximum Gasteiger partial charge on any atom is 0.340 e. The van der Waals surface area contributed by atoms with Crippen LogP contribution in [0.2, 0.25) is 0 Å². The van der Waals surface area contributed by atoms with Crippen LogP contribution in [-0.2, 0) is 9.53 Å². The Labute approximate surface area is 103 Å². The summed E-state index contributed by atoms with van der Waals surface area (Å²) < 4.78 is 18.2. The van der Waals surface area contributed by atoms with Gasteiger partial charge in [-0.25, -0.2) is 9.18 Å². The number of hydrogen-bond acceptors (Lipinski definition) is 5. The monoisotopic (exact) mass is 255 g/mol. The zero-order chi connectivity index (χ0) is 13.9. The van der Waals surface area contributed by atoms with Crippen LogP contribution in [0.3, 0.4) is 0 Å². The van der Waals surface area contributed by atoms with Gasteiger partial charge in [0.25, 0.3) is 0 Å². The van der Waals surface area contributed by atoms with Crippen molar-refractivity contribution in [1.82, 2.24) is 0 Å². The fourth-order valence-electron chi connectivity index (χ4n) is 1.48. The molecule has 6 nitrogen and oxygen atoms in total. The van der Waals surface area contributed by atoms with Gasteiger partial charge in [0.15, 0.2) is 0 Å². The third-order valence-electron chi connectivity index (χ3n) is 2.33. The average Bonchev–Trinajstić information content (AvgIpc) is 2.27. The van der Waals surface area contributed by atoms with E-state index in [0.29, 0.717) is 0 Å². The van der Waals surface area contributed by atoms with E-state index in [0.717, 1.165) is 6.07 Å². The average molecular weight is 255 g/mol. The van der Waals surface area contributed by atoms with Crippen molar-refractivity contribution in [3.63, 3.8) is 0 Å². The van der Waals surface area contributed by atoms with Crippen LogP contribution in [-0.4, -0.2) is 32.6 Å². The van der Waals surface area contributed by atoms with Crippen molar-refractivity contribution < 1.29 is 18.7 Å². The molecule has 0 saturated carbocycles. The minimum absolute atomic E-state index is 0.0319. The molecule has 98 valence electrons. The quantitative estimate of drug-likeness (QED) is 0.588. The van der Waals surface area contributed by atoms with Gasteiger partial charge in [0.05, 0.1) is 24.9 Å². The fraction of sp³-hybridized carbons (Fsp3) is 0.273. The largest absolute Gasteiger partial charge is 0.465 e. The predicted molar refractivity (Wildman–Crippen MR) is 64.6 cm³/mol. The van der Waals surface area contributed by atoms with Crippen molar-refractivity contribution in [3.8, 4) is 0 Å². The molecule has 0 bridgehead atoms. The Morgan fingerprint density at radius 2 is 2.06 bits per heavy atom. The van der Waals surface area contributed by atoms with Crippen molar-refractivity contribution in [2.45, 2.75) is 0 Å². The predicted octanol–water partition coefficient (Wildman–Crippen LogP) is 0.116. The number of benzene rings is 1. The van der Waals surface area contributed by atoms with Gasteiger partial charge in [-0.05, 0) is 12.1 Å². The number of rotatable bonds is 4. The van der Waals surface area contributed by atoms with Crippen LogP contribution in [0.4, 0.5) is 15.8 Å². The highest BCUT2D eigenvalue weighted by molar-refractivity contribution is 5.96. The normalized spacial score (nSPS) is 9.94. The summed E-state index contributed by atoms with van der Waals surface area (Å²) >= 11 is 0. The molecule has 0 spiro atoms. The molecule has 7 heteroatoms. The van der Waals surface area contributed by atoms with Crippen LogP contribution in [0.5, 0.6) is 0 Å². The summed E-state index contributed by atoms with van der Waals surface area (Å²) in [6.45, 7) is -0.179. The van der Waals surface area contributed by atoms with E-state index in [4.69, 9.17) is 11.5 Å². The molecule has 0 atom stereocenters. The molecule has 1 amide bonds. The van der Waals surface area contributed by atoms with Crippen LogP contribution in [0.15, 0.2) is 12.1 Å². The minimum atomic E-state index is -0.679. The molecule has 0 aliphatic carbocycles. The molecule has 1 aromatic rings. The topological polar surface area (TPSA) is 98.6 Å². The standard InChI is InChI=1S/C11H14FN3O3/c1-15(5-10(14)16)9-3-6(11(17)18-2)8(13)4-7(9)12/h3-4H,5,13H2,1-2H3,(H2,14,16). The smallest absolute Gasteiger partial charge is 0.340 e. The number of carbonyl (C=O) groups excluding carboxylic acids is 2. The van der Waals surface area contributed by atoms with Gasteiger partial charge in [0.2, 0.25) is 5.91 Å². The van der Waals surface area contributed by atoms with Crippen LogP contribution < -0.4 is 16.4 Å². The van der Waals surface area contributed by atoms with Crippen molar-refractivity contribution in [2.75, 3.05) is 31.3 Å². The number of nitrogens with zero attached hydrogens (tertiary/aromatic N) is 1. The second kappa shape index (κ2) is 5.35. The van der Waals surface area contributed by atoms with Crippen molar-refractivity contribution in [3.05, 3.63) is 23.5 Å². The maximum absolute atomic E-state index is 13.7. The molecule has 0 fully saturated rings. The Balaban J connectivity index is 3.20. The maximum atomic E-state index is 13.7. The van der Waals surface area contributed by atoms with Gasteiger partial charge in [-0.1, -0.05) is 0 Å².